The van der Waals surface area contributed by atoms with Crippen molar-refractivity contribution in [1.29, 1.82) is 0 Å². The van der Waals surface area contributed by atoms with E-state index in [4.69, 9.17) is 11.6 Å². The van der Waals surface area contributed by atoms with E-state index >= 15 is 0 Å². The summed E-state index contributed by atoms with van der Waals surface area (Å²) in [5, 5.41) is 0. The highest BCUT2D eigenvalue weighted by atomic mass is 35.5. The minimum atomic E-state index is 0.458. The summed E-state index contributed by atoms with van der Waals surface area (Å²) in [5.41, 5.74) is 1.23. The molecule has 0 radical (unpaired) electrons. The van der Waals surface area contributed by atoms with E-state index in [2.05, 4.69) is 20.6 Å². The van der Waals surface area contributed by atoms with Crippen molar-refractivity contribution in [3.8, 4) is 0 Å². The van der Waals surface area contributed by atoms with Crippen LogP contribution in [0, 0.1) is 0 Å². The smallest absolute Gasteiger partial charge is 0.123 e. The SMILES string of the molecule is ClCc1nccn1CCc1cccnc1. The van der Waals surface area contributed by atoms with Gasteiger partial charge in [0, 0.05) is 31.3 Å². The van der Waals surface area contributed by atoms with Gasteiger partial charge in [-0.1, -0.05) is 6.07 Å². The molecule has 0 saturated carbocycles. The number of hydrogen-bond donors (Lipinski definition) is 0. The number of aryl methyl sites for hydroxylation is 2. The highest BCUT2D eigenvalue weighted by molar-refractivity contribution is 6.16. The number of aromatic nitrogens is 3. The molecule has 15 heavy (non-hydrogen) atoms. The second-order valence-corrected chi connectivity index (χ2v) is 3.55. The lowest BCUT2D eigenvalue weighted by Crippen LogP contribution is -2.04. The molecule has 0 spiro atoms. The number of pyridine rings is 1. The monoisotopic (exact) mass is 221 g/mol. The Labute approximate surface area is 93.7 Å². The Morgan fingerprint density at radius 1 is 1.33 bits per heavy atom. The molecule has 2 heterocycles. The summed E-state index contributed by atoms with van der Waals surface area (Å²) in [6.07, 6.45) is 8.35. The third kappa shape index (κ3) is 2.57. The van der Waals surface area contributed by atoms with Crippen molar-refractivity contribution in [2.24, 2.45) is 0 Å². The van der Waals surface area contributed by atoms with E-state index in [0.717, 1.165) is 18.8 Å². The zero-order chi connectivity index (χ0) is 10.5. The maximum Gasteiger partial charge on any atom is 0.123 e. The lowest BCUT2D eigenvalue weighted by molar-refractivity contribution is 0.668. The first-order valence-electron chi connectivity index (χ1n) is 4.85. The third-order valence-corrected chi connectivity index (χ3v) is 2.52. The Kier molecular flexibility index (Phi) is 3.35. The fourth-order valence-electron chi connectivity index (χ4n) is 1.47. The van der Waals surface area contributed by atoms with Crippen LogP contribution in [0.2, 0.25) is 0 Å². The van der Waals surface area contributed by atoms with Gasteiger partial charge >= 0.3 is 0 Å². The van der Waals surface area contributed by atoms with Gasteiger partial charge in [-0.05, 0) is 18.1 Å². The number of hydrogen-bond acceptors (Lipinski definition) is 2. The number of imidazole rings is 1. The van der Waals surface area contributed by atoms with E-state index in [-0.39, 0.29) is 0 Å². The van der Waals surface area contributed by atoms with Gasteiger partial charge in [0.15, 0.2) is 0 Å². The Hall–Kier alpha value is -1.35. The van der Waals surface area contributed by atoms with Crippen molar-refractivity contribution >= 4 is 11.6 Å². The normalized spacial score (nSPS) is 10.5. The zero-order valence-corrected chi connectivity index (χ0v) is 9.06. The van der Waals surface area contributed by atoms with Crippen molar-refractivity contribution in [3.63, 3.8) is 0 Å². The molecule has 0 saturated heterocycles. The average Bonchev–Trinajstić information content (AvgIpc) is 2.75. The van der Waals surface area contributed by atoms with Crippen molar-refractivity contribution in [2.75, 3.05) is 0 Å². The second kappa shape index (κ2) is 4.94. The van der Waals surface area contributed by atoms with Gasteiger partial charge in [0.05, 0.1) is 5.88 Å². The molecule has 3 nitrogen and oxygen atoms in total. The largest absolute Gasteiger partial charge is 0.334 e. The van der Waals surface area contributed by atoms with Crippen LogP contribution in [0.3, 0.4) is 0 Å². The molecule has 0 bridgehead atoms. The number of rotatable bonds is 4. The molecule has 2 aromatic heterocycles. The predicted octanol–water partition coefficient (Wildman–Crippen LogP) is 2.26. The fraction of sp³-hybridized carbons (Fsp3) is 0.273. The highest BCUT2D eigenvalue weighted by Gasteiger charge is 2.00. The minimum Gasteiger partial charge on any atom is -0.334 e. The molecule has 78 valence electrons. The molecule has 0 aliphatic heterocycles. The van der Waals surface area contributed by atoms with Crippen molar-refractivity contribution < 1.29 is 0 Å². The van der Waals surface area contributed by atoms with Gasteiger partial charge in [0.1, 0.15) is 5.82 Å². The molecule has 0 aliphatic rings. The number of halogens is 1. The van der Waals surface area contributed by atoms with Gasteiger partial charge in [-0.2, -0.15) is 0 Å². The topological polar surface area (TPSA) is 30.7 Å². The van der Waals surface area contributed by atoms with E-state index in [9.17, 15) is 0 Å². The van der Waals surface area contributed by atoms with Crippen LogP contribution in [0.25, 0.3) is 0 Å². The molecular weight excluding hydrogens is 210 g/mol. The first-order valence-corrected chi connectivity index (χ1v) is 5.38. The minimum absolute atomic E-state index is 0.458. The summed E-state index contributed by atoms with van der Waals surface area (Å²) < 4.78 is 2.07. The fourth-order valence-corrected chi connectivity index (χ4v) is 1.69. The first-order chi connectivity index (χ1) is 7.40. The van der Waals surface area contributed by atoms with E-state index in [1.807, 2.05) is 18.5 Å². The van der Waals surface area contributed by atoms with Crippen LogP contribution in [0.15, 0.2) is 36.9 Å². The van der Waals surface area contributed by atoms with Crippen LogP contribution < -0.4 is 0 Å². The summed E-state index contributed by atoms with van der Waals surface area (Å²) in [7, 11) is 0. The molecule has 0 fully saturated rings. The third-order valence-electron chi connectivity index (χ3n) is 2.29. The maximum atomic E-state index is 5.76. The van der Waals surface area contributed by atoms with Crippen molar-refractivity contribution in [2.45, 2.75) is 18.8 Å². The maximum absolute atomic E-state index is 5.76. The van der Waals surface area contributed by atoms with Gasteiger partial charge in [0.2, 0.25) is 0 Å². The molecule has 2 rings (SSSR count). The van der Waals surface area contributed by atoms with Gasteiger partial charge in [-0.3, -0.25) is 4.98 Å². The summed E-state index contributed by atoms with van der Waals surface area (Å²) in [5.74, 6) is 1.38. The quantitative estimate of drug-likeness (QED) is 0.742. The summed E-state index contributed by atoms with van der Waals surface area (Å²) >= 11 is 5.76. The molecular formula is C11H12ClN3. The van der Waals surface area contributed by atoms with E-state index in [1.165, 1.54) is 5.56 Å². The summed E-state index contributed by atoms with van der Waals surface area (Å²) in [6, 6.07) is 4.02. The summed E-state index contributed by atoms with van der Waals surface area (Å²) in [6.45, 7) is 0.897. The number of alkyl halides is 1. The van der Waals surface area contributed by atoms with E-state index in [1.54, 1.807) is 12.4 Å². The molecule has 0 atom stereocenters. The zero-order valence-electron chi connectivity index (χ0n) is 8.31. The molecule has 2 aromatic rings. The van der Waals surface area contributed by atoms with Gasteiger partial charge < -0.3 is 4.57 Å². The molecule has 4 heteroatoms. The second-order valence-electron chi connectivity index (χ2n) is 3.28. The van der Waals surface area contributed by atoms with Crippen LogP contribution in [0.1, 0.15) is 11.4 Å². The number of nitrogens with zero attached hydrogens (tertiary/aromatic N) is 3. The Morgan fingerprint density at radius 3 is 3.00 bits per heavy atom. The Balaban J connectivity index is 1.99. The molecule has 0 aliphatic carbocycles. The first kappa shape index (κ1) is 10.2. The standard InChI is InChI=1S/C11H12ClN3/c12-8-11-14-5-7-15(11)6-3-10-2-1-4-13-9-10/h1-2,4-5,7,9H,3,6,8H2. The predicted molar refractivity (Wildman–Crippen MR) is 59.7 cm³/mol. The molecule has 0 aromatic carbocycles. The van der Waals surface area contributed by atoms with Crippen LogP contribution in [-0.4, -0.2) is 14.5 Å². The molecule has 0 amide bonds. The van der Waals surface area contributed by atoms with E-state index < -0.39 is 0 Å². The van der Waals surface area contributed by atoms with Gasteiger partial charge in [-0.15, -0.1) is 11.6 Å². The van der Waals surface area contributed by atoms with Crippen LogP contribution in [0.5, 0.6) is 0 Å². The molecule has 0 unspecified atom stereocenters. The Morgan fingerprint density at radius 2 is 2.27 bits per heavy atom. The van der Waals surface area contributed by atoms with Crippen molar-refractivity contribution in [3.05, 3.63) is 48.3 Å². The lowest BCUT2D eigenvalue weighted by Gasteiger charge is -2.05. The van der Waals surface area contributed by atoms with Gasteiger partial charge in [0.25, 0.3) is 0 Å². The Bertz CT molecular complexity index is 411. The molecule has 0 N–H and O–H groups in total. The van der Waals surface area contributed by atoms with Crippen LogP contribution in [0.4, 0.5) is 0 Å². The van der Waals surface area contributed by atoms with Crippen LogP contribution in [-0.2, 0) is 18.8 Å². The van der Waals surface area contributed by atoms with Crippen molar-refractivity contribution in [1.82, 2.24) is 14.5 Å². The van der Waals surface area contributed by atoms with E-state index in [0.29, 0.717) is 5.88 Å². The van der Waals surface area contributed by atoms with Crippen LogP contribution >= 0.6 is 11.6 Å². The average molecular weight is 222 g/mol. The highest BCUT2D eigenvalue weighted by Crippen LogP contribution is 2.04. The lowest BCUT2D eigenvalue weighted by atomic mass is 10.2. The van der Waals surface area contributed by atoms with Gasteiger partial charge in [-0.25, -0.2) is 4.98 Å². The summed E-state index contributed by atoms with van der Waals surface area (Å²) in [4.78, 5) is 8.24.